The van der Waals surface area contributed by atoms with Crippen LogP contribution in [0, 0.1) is 0 Å². The molecule has 0 radical (unpaired) electrons. The van der Waals surface area contributed by atoms with Gasteiger partial charge in [-0.1, -0.05) is 11.3 Å². The average Bonchev–Trinajstić information content (AvgIpc) is 3.04. The number of hydrogen-bond acceptors (Lipinski definition) is 6. The zero-order chi connectivity index (χ0) is 16.1. The molecule has 0 saturated carbocycles. The van der Waals surface area contributed by atoms with Crippen molar-refractivity contribution < 1.29 is 4.79 Å². The van der Waals surface area contributed by atoms with Crippen LogP contribution in [0.2, 0.25) is 0 Å². The Bertz CT molecular complexity index is 789. The highest BCUT2D eigenvalue weighted by Gasteiger charge is 2.09. The molecule has 0 atom stereocenters. The molecular formula is C15H13N5OS2. The van der Waals surface area contributed by atoms with E-state index in [1.54, 1.807) is 24.2 Å². The number of amides is 2. The maximum atomic E-state index is 12.0. The number of nitrogens with zero attached hydrogens (tertiary/aromatic N) is 3. The third-order valence-corrected chi connectivity index (χ3v) is 4.55. The van der Waals surface area contributed by atoms with E-state index in [1.165, 1.54) is 11.3 Å². The van der Waals surface area contributed by atoms with Crippen molar-refractivity contribution in [3.63, 3.8) is 0 Å². The first-order valence-electron chi connectivity index (χ1n) is 6.70. The summed E-state index contributed by atoms with van der Waals surface area (Å²) in [7, 11) is 0. The first-order valence-corrected chi connectivity index (χ1v) is 8.74. The van der Waals surface area contributed by atoms with Crippen LogP contribution in [0.4, 0.5) is 15.6 Å². The molecule has 0 aliphatic heterocycles. The molecule has 3 rings (SSSR count). The Morgan fingerprint density at radius 1 is 1.04 bits per heavy atom. The van der Waals surface area contributed by atoms with Crippen LogP contribution >= 0.6 is 23.1 Å². The Labute approximate surface area is 141 Å². The molecule has 0 aliphatic rings. The van der Waals surface area contributed by atoms with Gasteiger partial charge in [0.15, 0.2) is 0 Å². The third-order valence-electron chi connectivity index (χ3n) is 2.92. The van der Waals surface area contributed by atoms with Gasteiger partial charge in [-0.3, -0.25) is 10.3 Å². The van der Waals surface area contributed by atoms with E-state index in [0.29, 0.717) is 5.13 Å². The van der Waals surface area contributed by atoms with Crippen LogP contribution in [0.5, 0.6) is 0 Å². The summed E-state index contributed by atoms with van der Waals surface area (Å²) in [5.41, 5.74) is 1.64. The van der Waals surface area contributed by atoms with E-state index in [-0.39, 0.29) is 6.03 Å². The molecular weight excluding hydrogens is 330 g/mol. The summed E-state index contributed by atoms with van der Waals surface area (Å²) in [6.45, 7) is 0. The molecule has 23 heavy (non-hydrogen) atoms. The Morgan fingerprint density at radius 3 is 2.48 bits per heavy atom. The van der Waals surface area contributed by atoms with Gasteiger partial charge in [0.2, 0.25) is 5.13 Å². The predicted octanol–water partition coefficient (Wildman–Crippen LogP) is 3.97. The molecule has 2 aromatic heterocycles. The molecule has 2 amide bonds. The zero-order valence-corrected chi connectivity index (χ0v) is 13.8. The third kappa shape index (κ3) is 4.05. The fourth-order valence-electron chi connectivity index (χ4n) is 1.82. The number of rotatable bonds is 4. The van der Waals surface area contributed by atoms with Crippen molar-refractivity contribution in [2.45, 2.75) is 4.90 Å². The fourth-order valence-corrected chi connectivity index (χ4v) is 2.97. The van der Waals surface area contributed by atoms with E-state index in [9.17, 15) is 4.79 Å². The van der Waals surface area contributed by atoms with Gasteiger partial charge in [0, 0.05) is 28.5 Å². The van der Waals surface area contributed by atoms with Crippen LogP contribution in [-0.4, -0.2) is 27.5 Å². The molecule has 0 bridgehead atoms. The van der Waals surface area contributed by atoms with Crippen LogP contribution < -0.4 is 10.6 Å². The SMILES string of the molecule is CSc1ccc(NC(=O)Nc2nnc(-c3ccncc3)s2)cc1. The minimum Gasteiger partial charge on any atom is -0.308 e. The van der Waals surface area contributed by atoms with Crippen LogP contribution in [0.1, 0.15) is 0 Å². The summed E-state index contributed by atoms with van der Waals surface area (Å²) < 4.78 is 0. The topological polar surface area (TPSA) is 79.8 Å². The molecule has 2 N–H and O–H groups in total. The zero-order valence-electron chi connectivity index (χ0n) is 12.2. The van der Waals surface area contributed by atoms with Crippen LogP contribution in [0.25, 0.3) is 10.6 Å². The van der Waals surface area contributed by atoms with Crippen molar-refractivity contribution in [2.24, 2.45) is 0 Å². The number of nitrogens with one attached hydrogen (secondary N) is 2. The summed E-state index contributed by atoms with van der Waals surface area (Å²) >= 11 is 2.96. The van der Waals surface area contributed by atoms with Gasteiger partial charge in [-0.25, -0.2) is 4.79 Å². The van der Waals surface area contributed by atoms with Crippen molar-refractivity contribution >= 4 is 39.9 Å². The van der Waals surface area contributed by atoms with Gasteiger partial charge in [-0.2, -0.15) is 0 Å². The van der Waals surface area contributed by atoms with Crippen molar-refractivity contribution in [3.8, 4) is 10.6 Å². The van der Waals surface area contributed by atoms with E-state index in [4.69, 9.17) is 0 Å². The van der Waals surface area contributed by atoms with E-state index in [1.807, 2.05) is 42.7 Å². The predicted molar refractivity (Wildman–Crippen MR) is 94.0 cm³/mol. The standard InChI is InChI=1S/C15H13N5OS2/c1-22-12-4-2-11(3-5-12)17-14(21)18-15-20-19-13(23-15)10-6-8-16-9-7-10/h2-9H,1H3,(H2,17,18,20,21). The number of carbonyl (C=O) groups excluding carboxylic acids is 1. The summed E-state index contributed by atoms with van der Waals surface area (Å²) in [6, 6.07) is 11.0. The molecule has 2 heterocycles. The molecule has 0 saturated heterocycles. The lowest BCUT2D eigenvalue weighted by molar-refractivity contribution is 0.262. The van der Waals surface area contributed by atoms with Crippen molar-refractivity contribution in [1.29, 1.82) is 0 Å². The van der Waals surface area contributed by atoms with Crippen LogP contribution in [0.3, 0.4) is 0 Å². The molecule has 1 aromatic carbocycles. The number of urea groups is 1. The van der Waals surface area contributed by atoms with Gasteiger partial charge in [0.1, 0.15) is 5.01 Å². The van der Waals surface area contributed by atoms with Gasteiger partial charge in [0.25, 0.3) is 0 Å². The number of thioether (sulfide) groups is 1. The number of benzene rings is 1. The van der Waals surface area contributed by atoms with Crippen LogP contribution in [0.15, 0.2) is 53.7 Å². The molecule has 0 fully saturated rings. The fraction of sp³-hybridized carbons (Fsp3) is 0.0667. The Balaban J connectivity index is 1.63. The molecule has 0 unspecified atom stereocenters. The van der Waals surface area contributed by atoms with Crippen molar-refractivity contribution in [2.75, 3.05) is 16.9 Å². The monoisotopic (exact) mass is 343 g/mol. The number of carbonyl (C=O) groups is 1. The highest BCUT2D eigenvalue weighted by Crippen LogP contribution is 2.25. The largest absolute Gasteiger partial charge is 0.325 e. The van der Waals surface area contributed by atoms with E-state index >= 15 is 0 Å². The van der Waals surface area contributed by atoms with Gasteiger partial charge < -0.3 is 5.32 Å². The smallest absolute Gasteiger partial charge is 0.308 e. The first-order chi connectivity index (χ1) is 11.2. The van der Waals surface area contributed by atoms with Crippen molar-refractivity contribution in [3.05, 3.63) is 48.8 Å². The maximum Gasteiger partial charge on any atom is 0.325 e. The summed E-state index contributed by atoms with van der Waals surface area (Å²) in [5.74, 6) is 0. The molecule has 8 heteroatoms. The molecule has 6 nitrogen and oxygen atoms in total. The molecule has 116 valence electrons. The number of anilines is 2. The molecule has 0 aliphatic carbocycles. The lowest BCUT2D eigenvalue weighted by Gasteiger charge is -2.05. The number of hydrogen-bond donors (Lipinski definition) is 2. The maximum absolute atomic E-state index is 12.0. The minimum atomic E-state index is -0.348. The van der Waals surface area contributed by atoms with Gasteiger partial charge in [-0.05, 0) is 42.7 Å². The quantitative estimate of drug-likeness (QED) is 0.701. The summed E-state index contributed by atoms with van der Waals surface area (Å²) in [5, 5.41) is 14.7. The lowest BCUT2D eigenvalue weighted by atomic mass is 10.3. The van der Waals surface area contributed by atoms with E-state index in [0.717, 1.165) is 21.2 Å². The highest BCUT2D eigenvalue weighted by atomic mass is 32.2. The first kappa shape index (κ1) is 15.4. The second-order valence-corrected chi connectivity index (χ2v) is 6.31. The van der Waals surface area contributed by atoms with Gasteiger partial charge in [0.05, 0.1) is 0 Å². The summed E-state index contributed by atoms with van der Waals surface area (Å²) in [6.07, 6.45) is 5.38. The van der Waals surface area contributed by atoms with E-state index in [2.05, 4.69) is 25.8 Å². The van der Waals surface area contributed by atoms with E-state index < -0.39 is 0 Å². The second-order valence-electron chi connectivity index (χ2n) is 4.46. The Hall–Kier alpha value is -2.45. The van der Waals surface area contributed by atoms with Crippen LogP contribution in [-0.2, 0) is 0 Å². The Kier molecular flexibility index (Phi) is 4.84. The van der Waals surface area contributed by atoms with Crippen molar-refractivity contribution in [1.82, 2.24) is 15.2 Å². The lowest BCUT2D eigenvalue weighted by Crippen LogP contribution is -2.19. The average molecular weight is 343 g/mol. The molecule has 3 aromatic rings. The number of aromatic nitrogens is 3. The summed E-state index contributed by atoms with van der Waals surface area (Å²) in [4.78, 5) is 17.1. The van der Waals surface area contributed by atoms with Gasteiger partial charge in [-0.15, -0.1) is 22.0 Å². The Morgan fingerprint density at radius 2 is 1.78 bits per heavy atom. The minimum absolute atomic E-state index is 0.348. The second kappa shape index (κ2) is 7.21. The normalized spacial score (nSPS) is 10.3. The highest BCUT2D eigenvalue weighted by molar-refractivity contribution is 7.98. The number of pyridine rings is 1. The molecule has 0 spiro atoms. The van der Waals surface area contributed by atoms with Gasteiger partial charge >= 0.3 is 6.03 Å².